The van der Waals surface area contributed by atoms with Gasteiger partial charge in [0.25, 0.3) is 0 Å². The lowest BCUT2D eigenvalue weighted by Crippen LogP contribution is -2.31. The van der Waals surface area contributed by atoms with E-state index in [0.29, 0.717) is 22.5 Å². The average Bonchev–Trinajstić information content (AvgIpc) is 2.70. The Hall–Kier alpha value is -1.17. The highest BCUT2D eigenvalue weighted by molar-refractivity contribution is 9.10. The molecule has 2 aromatic carbocycles. The number of hydrogen-bond acceptors (Lipinski definition) is 2. The first-order chi connectivity index (χ1) is 10.1. The van der Waals surface area contributed by atoms with Crippen molar-refractivity contribution in [3.05, 3.63) is 64.1 Å². The molecule has 21 heavy (non-hydrogen) atoms. The third kappa shape index (κ3) is 2.91. The summed E-state index contributed by atoms with van der Waals surface area (Å²) in [4.78, 5) is 0.337. The van der Waals surface area contributed by atoms with Gasteiger partial charge in [0.05, 0.1) is 4.90 Å². The average molecular weight is 366 g/mol. The lowest BCUT2D eigenvalue weighted by atomic mass is 10.0. The first-order valence-corrected chi connectivity index (χ1v) is 9.14. The minimum Gasteiger partial charge on any atom is -0.207 e. The van der Waals surface area contributed by atoms with Crippen molar-refractivity contribution in [1.82, 2.24) is 4.31 Å². The van der Waals surface area contributed by atoms with Crippen LogP contribution >= 0.6 is 15.9 Å². The van der Waals surface area contributed by atoms with Gasteiger partial charge in [-0.15, -0.1) is 0 Å². The zero-order valence-corrected chi connectivity index (χ0v) is 13.9. The van der Waals surface area contributed by atoms with Gasteiger partial charge in [-0.05, 0) is 52.0 Å². The summed E-state index contributed by atoms with van der Waals surface area (Å²) >= 11 is 3.34. The van der Waals surface area contributed by atoms with Crippen LogP contribution in [0.5, 0.6) is 0 Å². The molecule has 0 saturated carbocycles. The van der Waals surface area contributed by atoms with E-state index < -0.39 is 10.0 Å². The molecule has 0 N–H and O–H groups in total. The first-order valence-electron chi connectivity index (χ1n) is 6.90. The summed E-state index contributed by atoms with van der Waals surface area (Å²) in [5.41, 5.74) is 2.35. The van der Waals surface area contributed by atoms with Crippen LogP contribution in [-0.2, 0) is 23.0 Å². The number of halogens is 1. The van der Waals surface area contributed by atoms with Crippen LogP contribution in [0.1, 0.15) is 17.5 Å². The Bertz CT molecular complexity index is 758. The third-order valence-corrected chi connectivity index (χ3v) is 6.63. The molecule has 0 unspecified atom stereocenters. The van der Waals surface area contributed by atoms with Crippen LogP contribution in [0.15, 0.2) is 57.9 Å². The van der Waals surface area contributed by atoms with Gasteiger partial charge in [-0.3, -0.25) is 0 Å². The maximum atomic E-state index is 12.9. The quantitative estimate of drug-likeness (QED) is 0.815. The molecular weight excluding hydrogens is 350 g/mol. The minimum atomic E-state index is -3.47. The number of hydrogen-bond donors (Lipinski definition) is 0. The summed E-state index contributed by atoms with van der Waals surface area (Å²) < 4.78 is 27.9. The van der Waals surface area contributed by atoms with Crippen LogP contribution < -0.4 is 0 Å². The number of aryl methyl sites for hydroxylation is 1. The van der Waals surface area contributed by atoms with Gasteiger partial charge in [0.15, 0.2) is 0 Å². The smallest absolute Gasteiger partial charge is 0.207 e. The SMILES string of the molecule is O=S(=O)(c1ccccc1Br)N1CCCc2ccccc2C1. The molecule has 0 atom stereocenters. The first kappa shape index (κ1) is 14.8. The third-order valence-electron chi connectivity index (χ3n) is 3.77. The maximum absolute atomic E-state index is 12.9. The largest absolute Gasteiger partial charge is 0.244 e. The number of fused-ring (bicyclic) bond motifs is 1. The predicted octanol–water partition coefficient (Wildman–Crippen LogP) is 3.59. The molecule has 0 saturated heterocycles. The van der Waals surface area contributed by atoms with E-state index in [4.69, 9.17) is 0 Å². The Balaban J connectivity index is 1.99. The van der Waals surface area contributed by atoms with Gasteiger partial charge in [0.1, 0.15) is 0 Å². The van der Waals surface area contributed by atoms with Gasteiger partial charge in [0, 0.05) is 17.6 Å². The molecule has 0 radical (unpaired) electrons. The second-order valence-corrected chi connectivity index (χ2v) is 7.90. The van der Waals surface area contributed by atoms with Crippen molar-refractivity contribution >= 4 is 26.0 Å². The fourth-order valence-corrected chi connectivity index (χ4v) is 5.09. The highest BCUT2D eigenvalue weighted by Crippen LogP contribution is 2.28. The van der Waals surface area contributed by atoms with E-state index in [-0.39, 0.29) is 0 Å². The van der Waals surface area contributed by atoms with Crippen LogP contribution in [0.4, 0.5) is 0 Å². The van der Waals surface area contributed by atoms with Gasteiger partial charge in [0.2, 0.25) is 10.0 Å². The fourth-order valence-electron chi connectivity index (χ4n) is 2.67. The number of rotatable bonds is 2. The fraction of sp³-hybridized carbons (Fsp3) is 0.250. The molecule has 2 aromatic rings. The molecule has 3 nitrogen and oxygen atoms in total. The van der Waals surface area contributed by atoms with Crippen LogP contribution in [0.2, 0.25) is 0 Å². The number of nitrogens with zero attached hydrogens (tertiary/aromatic N) is 1. The van der Waals surface area contributed by atoms with E-state index in [1.54, 1.807) is 22.5 Å². The molecule has 3 rings (SSSR count). The zero-order chi connectivity index (χ0) is 14.9. The second-order valence-electron chi connectivity index (χ2n) is 5.14. The molecule has 0 bridgehead atoms. The summed E-state index contributed by atoms with van der Waals surface area (Å²) in [5, 5.41) is 0. The van der Waals surface area contributed by atoms with Crippen LogP contribution in [-0.4, -0.2) is 19.3 Å². The van der Waals surface area contributed by atoms with Gasteiger partial charge in [-0.1, -0.05) is 36.4 Å². The Labute approximate surface area is 133 Å². The molecule has 1 aliphatic rings. The number of sulfonamides is 1. The van der Waals surface area contributed by atoms with E-state index in [2.05, 4.69) is 22.0 Å². The summed E-state index contributed by atoms with van der Waals surface area (Å²) in [6, 6.07) is 15.1. The Morgan fingerprint density at radius 2 is 1.62 bits per heavy atom. The molecule has 0 aliphatic carbocycles. The molecule has 0 fully saturated rings. The van der Waals surface area contributed by atoms with Crippen LogP contribution in [0.25, 0.3) is 0 Å². The minimum absolute atomic E-state index is 0.337. The Kier molecular flexibility index (Phi) is 4.15. The van der Waals surface area contributed by atoms with Crippen molar-refractivity contribution in [3.8, 4) is 0 Å². The molecule has 0 aromatic heterocycles. The molecule has 5 heteroatoms. The number of benzene rings is 2. The molecule has 0 amide bonds. The summed E-state index contributed by atoms with van der Waals surface area (Å²) in [6.07, 6.45) is 1.78. The van der Waals surface area contributed by atoms with Crippen molar-refractivity contribution in [2.75, 3.05) is 6.54 Å². The summed E-state index contributed by atoms with van der Waals surface area (Å²) in [7, 11) is -3.47. The summed E-state index contributed by atoms with van der Waals surface area (Å²) in [5.74, 6) is 0. The van der Waals surface area contributed by atoms with E-state index in [0.717, 1.165) is 18.4 Å². The topological polar surface area (TPSA) is 37.4 Å². The van der Waals surface area contributed by atoms with Crippen LogP contribution in [0.3, 0.4) is 0 Å². The molecule has 0 spiro atoms. The van der Waals surface area contributed by atoms with E-state index in [9.17, 15) is 8.42 Å². The predicted molar refractivity (Wildman–Crippen MR) is 86.5 cm³/mol. The van der Waals surface area contributed by atoms with Gasteiger partial charge < -0.3 is 0 Å². The molecule has 110 valence electrons. The van der Waals surface area contributed by atoms with Gasteiger partial charge >= 0.3 is 0 Å². The van der Waals surface area contributed by atoms with Gasteiger partial charge in [-0.25, -0.2) is 8.42 Å². The Morgan fingerprint density at radius 1 is 0.952 bits per heavy atom. The van der Waals surface area contributed by atoms with E-state index in [1.807, 2.05) is 24.3 Å². The van der Waals surface area contributed by atoms with Crippen molar-refractivity contribution in [2.24, 2.45) is 0 Å². The monoisotopic (exact) mass is 365 g/mol. The highest BCUT2D eigenvalue weighted by Gasteiger charge is 2.28. The molecule has 1 aliphatic heterocycles. The van der Waals surface area contributed by atoms with E-state index in [1.165, 1.54) is 5.56 Å². The normalized spacial score (nSPS) is 16.2. The molecule has 1 heterocycles. The second kappa shape index (κ2) is 5.91. The lowest BCUT2D eigenvalue weighted by Gasteiger charge is -2.21. The van der Waals surface area contributed by atoms with Crippen LogP contribution in [0, 0.1) is 0 Å². The highest BCUT2D eigenvalue weighted by atomic mass is 79.9. The van der Waals surface area contributed by atoms with Crippen molar-refractivity contribution in [1.29, 1.82) is 0 Å². The zero-order valence-electron chi connectivity index (χ0n) is 11.5. The van der Waals surface area contributed by atoms with Crippen molar-refractivity contribution < 1.29 is 8.42 Å². The van der Waals surface area contributed by atoms with E-state index >= 15 is 0 Å². The maximum Gasteiger partial charge on any atom is 0.244 e. The van der Waals surface area contributed by atoms with Gasteiger partial charge in [-0.2, -0.15) is 4.31 Å². The van der Waals surface area contributed by atoms with Crippen molar-refractivity contribution in [3.63, 3.8) is 0 Å². The van der Waals surface area contributed by atoms with Crippen molar-refractivity contribution in [2.45, 2.75) is 24.3 Å². The molecular formula is C16H16BrNO2S. The summed E-state index contributed by atoms with van der Waals surface area (Å²) in [6.45, 7) is 0.998. The standard InChI is InChI=1S/C16H16BrNO2S/c17-15-9-3-4-10-16(15)21(19,20)18-11-5-8-13-6-1-2-7-14(13)12-18/h1-4,6-7,9-10H,5,8,11-12H2. The Morgan fingerprint density at radius 3 is 2.38 bits per heavy atom. The lowest BCUT2D eigenvalue weighted by molar-refractivity contribution is 0.410.